The number of carbonyl (C=O) groups excluding carboxylic acids is 1. The van der Waals surface area contributed by atoms with Crippen molar-refractivity contribution in [2.75, 3.05) is 10.6 Å². The summed E-state index contributed by atoms with van der Waals surface area (Å²) in [5.41, 5.74) is 3.01. The number of aromatic nitrogens is 3. The summed E-state index contributed by atoms with van der Waals surface area (Å²) in [5.74, 6) is 0.778. The van der Waals surface area contributed by atoms with Gasteiger partial charge in [0, 0.05) is 17.1 Å². The molecule has 2 aromatic carbocycles. The minimum absolute atomic E-state index is 0.0928. The van der Waals surface area contributed by atoms with Crippen LogP contribution in [0.2, 0.25) is 5.02 Å². The molecule has 0 fully saturated rings. The van der Waals surface area contributed by atoms with Crippen molar-refractivity contribution in [3.63, 3.8) is 0 Å². The van der Waals surface area contributed by atoms with Crippen molar-refractivity contribution in [2.45, 2.75) is 25.8 Å². The van der Waals surface area contributed by atoms with Crippen molar-refractivity contribution in [3.05, 3.63) is 76.8 Å². The molecule has 0 aliphatic carbocycles. The highest BCUT2D eigenvalue weighted by Gasteiger charge is 2.25. The van der Waals surface area contributed by atoms with Crippen LogP contribution in [0.25, 0.3) is 5.70 Å². The highest BCUT2D eigenvalue weighted by Crippen LogP contribution is 2.33. The zero-order chi connectivity index (χ0) is 19.5. The first-order valence-corrected chi connectivity index (χ1v) is 9.58. The van der Waals surface area contributed by atoms with Gasteiger partial charge >= 0.3 is 0 Å². The molecule has 7 heteroatoms. The van der Waals surface area contributed by atoms with E-state index in [9.17, 15) is 4.79 Å². The first-order chi connectivity index (χ1) is 13.6. The molecule has 1 amide bonds. The number of benzene rings is 2. The maximum atomic E-state index is 12.0. The molecule has 1 aliphatic rings. The van der Waals surface area contributed by atoms with Crippen LogP contribution in [0, 0.1) is 0 Å². The molecule has 28 heavy (non-hydrogen) atoms. The highest BCUT2D eigenvalue weighted by molar-refractivity contribution is 6.30. The summed E-state index contributed by atoms with van der Waals surface area (Å²) in [5, 5.41) is 11.3. The Bertz CT molecular complexity index is 1010. The van der Waals surface area contributed by atoms with Gasteiger partial charge in [-0.25, -0.2) is 4.68 Å². The summed E-state index contributed by atoms with van der Waals surface area (Å²) in [7, 11) is 0. The average molecular weight is 394 g/mol. The van der Waals surface area contributed by atoms with Crippen molar-refractivity contribution < 1.29 is 4.79 Å². The van der Waals surface area contributed by atoms with Gasteiger partial charge in [-0.05, 0) is 35.8 Å². The lowest BCUT2D eigenvalue weighted by atomic mass is 10.0. The lowest BCUT2D eigenvalue weighted by Gasteiger charge is -2.24. The fourth-order valence-electron chi connectivity index (χ4n) is 3.14. The van der Waals surface area contributed by atoms with Crippen molar-refractivity contribution in [1.29, 1.82) is 0 Å². The Morgan fingerprint density at radius 2 is 1.93 bits per heavy atom. The summed E-state index contributed by atoms with van der Waals surface area (Å²) in [6, 6.07) is 17.5. The molecule has 0 unspecified atom stereocenters. The molecular weight excluding hydrogens is 374 g/mol. The monoisotopic (exact) mass is 393 g/mol. The number of hydrogen-bond acceptors (Lipinski definition) is 4. The van der Waals surface area contributed by atoms with Crippen molar-refractivity contribution in [2.24, 2.45) is 0 Å². The second kappa shape index (κ2) is 7.86. The van der Waals surface area contributed by atoms with Crippen LogP contribution in [0.15, 0.2) is 60.7 Å². The van der Waals surface area contributed by atoms with Gasteiger partial charge in [-0.2, -0.15) is 4.98 Å². The van der Waals surface area contributed by atoms with Crippen LogP contribution in [0.3, 0.4) is 0 Å². The molecule has 1 aliphatic heterocycles. The summed E-state index contributed by atoms with van der Waals surface area (Å²) in [4.78, 5) is 16.4. The van der Waals surface area contributed by atoms with E-state index in [4.69, 9.17) is 11.6 Å². The third-order valence-electron chi connectivity index (χ3n) is 4.49. The quantitative estimate of drug-likeness (QED) is 0.657. The summed E-state index contributed by atoms with van der Waals surface area (Å²) >= 11 is 6.06. The van der Waals surface area contributed by atoms with Crippen LogP contribution < -0.4 is 10.6 Å². The number of carbonyl (C=O) groups is 1. The van der Waals surface area contributed by atoms with Gasteiger partial charge in [-0.15, -0.1) is 5.10 Å². The van der Waals surface area contributed by atoms with Gasteiger partial charge in [-0.3, -0.25) is 10.1 Å². The van der Waals surface area contributed by atoms with Crippen LogP contribution in [-0.4, -0.2) is 20.7 Å². The van der Waals surface area contributed by atoms with E-state index in [-0.39, 0.29) is 11.9 Å². The van der Waals surface area contributed by atoms with Crippen LogP contribution in [-0.2, 0) is 4.79 Å². The van der Waals surface area contributed by atoms with Crippen molar-refractivity contribution >= 4 is 35.1 Å². The molecule has 142 valence electrons. The van der Waals surface area contributed by atoms with Gasteiger partial charge in [-0.1, -0.05) is 61.0 Å². The molecule has 4 rings (SSSR count). The lowest BCUT2D eigenvalue weighted by molar-refractivity contribution is -0.116. The van der Waals surface area contributed by atoms with Gasteiger partial charge in [0.15, 0.2) is 0 Å². The second-order valence-corrected chi connectivity index (χ2v) is 7.01. The number of nitrogens with zero attached hydrogens (tertiary/aromatic N) is 3. The molecule has 0 saturated carbocycles. The van der Waals surface area contributed by atoms with Crippen LogP contribution in [0.5, 0.6) is 0 Å². The Hall–Kier alpha value is -3.12. The minimum atomic E-state index is -0.173. The number of halogens is 1. The van der Waals surface area contributed by atoms with E-state index in [1.165, 1.54) is 0 Å². The smallest absolute Gasteiger partial charge is 0.250 e. The van der Waals surface area contributed by atoms with E-state index >= 15 is 0 Å². The third-order valence-corrected chi connectivity index (χ3v) is 4.74. The molecule has 1 aromatic heterocycles. The molecule has 1 atom stereocenters. The molecule has 2 N–H and O–H groups in total. The number of allylic oxidation sites excluding steroid dienone is 1. The zero-order valence-electron chi connectivity index (χ0n) is 15.4. The van der Waals surface area contributed by atoms with Gasteiger partial charge in [0.1, 0.15) is 6.04 Å². The summed E-state index contributed by atoms with van der Waals surface area (Å²) in [6.07, 6.45) is 3.30. The molecule has 0 saturated heterocycles. The molecule has 0 bridgehead atoms. The van der Waals surface area contributed by atoms with Crippen molar-refractivity contribution in [1.82, 2.24) is 14.8 Å². The Balaban J connectivity index is 1.73. The Labute approximate surface area is 168 Å². The molecule has 3 aromatic rings. The Morgan fingerprint density at radius 3 is 2.64 bits per heavy atom. The normalized spacial score (nSPS) is 15.4. The number of fused-ring (bicyclic) bond motifs is 1. The standard InChI is InChI=1S/C21H20ClN5O/c1-2-6-19(28)24-20-25-21-23-17(14-7-4-3-5-8-14)13-18(27(21)26-20)15-9-11-16(22)12-10-15/h3-5,7-13,18H,2,6H2,1H3,(H2,23,24,25,26,28)/t18-/m0/s1. The van der Waals surface area contributed by atoms with Gasteiger partial charge < -0.3 is 5.32 Å². The Kier molecular flexibility index (Phi) is 5.12. The first kappa shape index (κ1) is 18.3. The predicted octanol–water partition coefficient (Wildman–Crippen LogP) is 4.73. The van der Waals surface area contributed by atoms with E-state index in [0.717, 1.165) is 23.2 Å². The third kappa shape index (κ3) is 3.77. The van der Waals surface area contributed by atoms with Gasteiger partial charge in [0.25, 0.3) is 5.95 Å². The van der Waals surface area contributed by atoms with E-state index in [2.05, 4.69) is 26.8 Å². The maximum Gasteiger partial charge on any atom is 0.250 e. The number of nitrogens with one attached hydrogen (secondary N) is 2. The Morgan fingerprint density at radius 1 is 1.18 bits per heavy atom. The van der Waals surface area contributed by atoms with E-state index in [1.54, 1.807) is 4.68 Å². The van der Waals surface area contributed by atoms with Crippen LogP contribution >= 0.6 is 11.6 Å². The average Bonchev–Trinajstić information content (AvgIpc) is 3.11. The van der Waals surface area contributed by atoms with Crippen molar-refractivity contribution in [3.8, 4) is 0 Å². The van der Waals surface area contributed by atoms with E-state index in [0.29, 0.717) is 23.3 Å². The SMILES string of the molecule is CCCC(=O)Nc1nc2n(n1)[C@H](c1ccc(Cl)cc1)C=C(c1ccccc1)N2. The summed E-state index contributed by atoms with van der Waals surface area (Å²) < 4.78 is 1.78. The van der Waals surface area contributed by atoms with Crippen LogP contribution in [0.4, 0.5) is 11.9 Å². The molecule has 0 spiro atoms. The van der Waals surface area contributed by atoms with E-state index in [1.807, 2.05) is 61.5 Å². The molecule has 2 heterocycles. The summed E-state index contributed by atoms with van der Waals surface area (Å²) in [6.45, 7) is 1.96. The number of amides is 1. The minimum Gasteiger partial charge on any atom is -0.324 e. The molecular formula is C21H20ClN5O. The zero-order valence-corrected chi connectivity index (χ0v) is 16.1. The largest absolute Gasteiger partial charge is 0.324 e. The highest BCUT2D eigenvalue weighted by atomic mass is 35.5. The molecule has 0 radical (unpaired) electrons. The first-order valence-electron chi connectivity index (χ1n) is 9.20. The topological polar surface area (TPSA) is 71.8 Å². The lowest BCUT2D eigenvalue weighted by Crippen LogP contribution is -2.20. The van der Waals surface area contributed by atoms with Crippen LogP contribution in [0.1, 0.15) is 36.9 Å². The number of anilines is 2. The number of rotatable bonds is 5. The van der Waals surface area contributed by atoms with Gasteiger partial charge in [0.05, 0.1) is 0 Å². The fourth-order valence-corrected chi connectivity index (χ4v) is 3.27. The maximum absolute atomic E-state index is 12.0. The fraction of sp³-hybridized carbons (Fsp3) is 0.190. The second-order valence-electron chi connectivity index (χ2n) is 6.57. The predicted molar refractivity (Wildman–Crippen MR) is 111 cm³/mol. The van der Waals surface area contributed by atoms with E-state index < -0.39 is 0 Å². The molecule has 6 nitrogen and oxygen atoms in total. The number of hydrogen-bond donors (Lipinski definition) is 2. The van der Waals surface area contributed by atoms with Gasteiger partial charge in [0.2, 0.25) is 11.9 Å².